The van der Waals surface area contributed by atoms with Gasteiger partial charge in [-0.3, -0.25) is 0 Å². The lowest BCUT2D eigenvalue weighted by Crippen LogP contribution is -2.08. The van der Waals surface area contributed by atoms with Crippen molar-refractivity contribution in [3.8, 4) is 5.88 Å². The van der Waals surface area contributed by atoms with Gasteiger partial charge in [-0.25, -0.2) is 4.98 Å². The molecule has 1 aromatic rings. The minimum absolute atomic E-state index is 0.548. The monoisotopic (exact) mass is 167 g/mol. The van der Waals surface area contributed by atoms with Crippen LogP contribution in [0.15, 0.2) is 12.3 Å². The number of rotatable bonds is 3. The lowest BCUT2D eigenvalue weighted by atomic mass is 10.2. The summed E-state index contributed by atoms with van der Waals surface area (Å²) in [4.78, 5) is 4.03. The third-order valence-electron chi connectivity index (χ3n) is 1.57. The Morgan fingerprint density at radius 3 is 2.92 bits per heavy atom. The second-order valence-electron chi connectivity index (χ2n) is 2.46. The fourth-order valence-electron chi connectivity index (χ4n) is 0.929. The Labute approximate surface area is 71.7 Å². The average molecular weight is 167 g/mol. The number of aromatic nitrogens is 1. The number of ether oxygens (including phenoxy) is 1. The number of nitrogens with zero attached hydrogens (tertiary/aromatic N) is 1. The number of hydrogen-bond donors (Lipinski definition) is 2. The molecule has 0 aromatic carbocycles. The van der Waals surface area contributed by atoms with Gasteiger partial charge in [0.2, 0.25) is 5.88 Å². The lowest BCUT2D eigenvalue weighted by molar-refractivity contribution is 0.398. The number of nitrogens with two attached hydrogens (primary N) is 1. The smallest absolute Gasteiger partial charge is 0.214 e. The Morgan fingerprint density at radius 2 is 2.42 bits per heavy atom. The molecular formula is C8H13N3O. The molecule has 0 aliphatic carbocycles. The van der Waals surface area contributed by atoms with Gasteiger partial charge in [-0.05, 0) is 7.05 Å². The van der Waals surface area contributed by atoms with E-state index in [1.807, 2.05) is 7.05 Å². The molecule has 4 heteroatoms. The van der Waals surface area contributed by atoms with Crippen molar-refractivity contribution in [3.63, 3.8) is 0 Å². The minimum Gasteiger partial charge on any atom is -0.481 e. The molecule has 1 aromatic heterocycles. The minimum atomic E-state index is 0.548. The van der Waals surface area contributed by atoms with Crippen LogP contribution in [0.25, 0.3) is 0 Å². The Hall–Kier alpha value is -1.29. The van der Waals surface area contributed by atoms with E-state index in [9.17, 15) is 0 Å². The van der Waals surface area contributed by atoms with E-state index in [2.05, 4.69) is 10.3 Å². The van der Waals surface area contributed by atoms with Gasteiger partial charge < -0.3 is 15.8 Å². The lowest BCUT2D eigenvalue weighted by Gasteiger charge is -2.05. The molecule has 4 nitrogen and oxygen atoms in total. The summed E-state index contributed by atoms with van der Waals surface area (Å²) in [6, 6.07) is 1.71. The highest BCUT2D eigenvalue weighted by atomic mass is 16.5. The van der Waals surface area contributed by atoms with E-state index in [0.717, 1.165) is 12.1 Å². The van der Waals surface area contributed by atoms with Crippen molar-refractivity contribution >= 4 is 5.69 Å². The van der Waals surface area contributed by atoms with Crippen LogP contribution in [0.4, 0.5) is 5.69 Å². The Bertz CT molecular complexity index is 262. The van der Waals surface area contributed by atoms with Crippen molar-refractivity contribution in [2.45, 2.75) is 6.54 Å². The number of hydrogen-bond acceptors (Lipinski definition) is 4. The summed E-state index contributed by atoms with van der Waals surface area (Å²) in [5.41, 5.74) is 7.41. The number of methoxy groups -OCH3 is 1. The first-order chi connectivity index (χ1) is 5.77. The summed E-state index contributed by atoms with van der Waals surface area (Å²) in [6.45, 7) is 0.725. The molecule has 1 heterocycles. The van der Waals surface area contributed by atoms with E-state index in [1.54, 1.807) is 19.4 Å². The van der Waals surface area contributed by atoms with E-state index < -0.39 is 0 Å². The van der Waals surface area contributed by atoms with E-state index in [-0.39, 0.29) is 0 Å². The molecule has 0 atom stereocenters. The molecule has 12 heavy (non-hydrogen) atoms. The molecule has 0 spiro atoms. The summed E-state index contributed by atoms with van der Waals surface area (Å²) in [6.07, 6.45) is 1.71. The summed E-state index contributed by atoms with van der Waals surface area (Å²) in [7, 11) is 3.43. The van der Waals surface area contributed by atoms with Gasteiger partial charge in [0.05, 0.1) is 7.11 Å². The zero-order valence-corrected chi connectivity index (χ0v) is 7.29. The van der Waals surface area contributed by atoms with Crippen LogP contribution < -0.4 is 15.8 Å². The van der Waals surface area contributed by atoms with Gasteiger partial charge in [0.15, 0.2) is 0 Å². The summed E-state index contributed by atoms with van der Waals surface area (Å²) >= 11 is 0. The van der Waals surface area contributed by atoms with Crippen molar-refractivity contribution in [2.75, 3.05) is 19.9 Å². The zero-order valence-electron chi connectivity index (χ0n) is 7.29. The quantitative estimate of drug-likeness (QED) is 0.683. The standard InChI is InChI=1S/C8H13N3O/c1-10-4-6-5-11-8(12-2)3-7(6)9/h3,5,10H,4H2,1-2H3,(H2,9,11). The molecular weight excluding hydrogens is 154 g/mol. The molecule has 0 aliphatic rings. The molecule has 0 fully saturated rings. The van der Waals surface area contributed by atoms with Gasteiger partial charge >= 0.3 is 0 Å². The summed E-state index contributed by atoms with van der Waals surface area (Å²) < 4.78 is 4.92. The predicted octanol–water partition coefficient (Wildman–Crippen LogP) is 0.392. The van der Waals surface area contributed by atoms with Crippen molar-refractivity contribution in [1.82, 2.24) is 10.3 Å². The molecule has 66 valence electrons. The van der Waals surface area contributed by atoms with Gasteiger partial charge in [-0.1, -0.05) is 0 Å². The second kappa shape index (κ2) is 3.92. The molecule has 0 aliphatic heterocycles. The van der Waals surface area contributed by atoms with Crippen molar-refractivity contribution in [3.05, 3.63) is 17.8 Å². The summed E-state index contributed by atoms with van der Waals surface area (Å²) in [5, 5.41) is 3.00. The largest absolute Gasteiger partial charge is 0.481 e. The fourth-order valence-corrected chi connectivity index (χ4v) is 0.929. The maximum absolute atomic E-state index is 5.72. The average Bonchev–Trinajstić information content (AvgIpc) is 2.09. The molecule has 1 rings (SSSR count). The number of anilines is 1. The van der Waals surface area contributed by atoms with Gasteiger partial charge in [-0.2, -0.15) is 0 Å². The molecule has 0 bridgehead atoms. The van der Waals surface area contributed by atoms with Gasteiger partial charge in [0.25, 0.3) is 0 Å². The van der Waals surface area contributed by atoms with Crippen LogP contribution >= 0.6 is 0 Å². The highest BCUT2D eigenvalue weighted by Crippen LogP contribution is 2.15. The molecule has 3 N–H and O–H groups in total. The van der Waals surface area contributed by atoms with Crippen LogP contribution in [-0.4, -0.2) is 19.1 Å². The highest BCUT2D eigenvalue weighted by Gasteiger charge is 2.00. The number of nitrogens with one attached hydrogen (secondary N) is 1. The van der Waals surface area contributed by atoms with Crippen molar-refractivity contribution in [2.24, 2.45) is 0 Å². The van der Waals surface area contributed by atoms with Crippen LogP contribution in [0.3, 0.4) is 0 Å². The Kier molecular flexibility index (Phi) is 2.88. The first kappa shape index (κ1) is 8.80. The Balaban J connectivity index is 2.87. The first-order valence-corrected chi connectivity index (χ1v) is 3.71. The normalized spacial score (nSPS) is 9.83. The number of pyridine rings is 1. The third kappa shape index (κ3) is 1.85. The molecule has 0 unspecified atom stereocenters. The van der Waals surface area contributed by atoms with Crippen LogP contribution in [-0.2, 0) is 6.54 Å². The molecule has 0 saturated carbocycles. The molecule has 0 radical (unpaired) electrons. The van der Waals surface area contributed by atoms with Gasteiger partial charge in [0, 0.05) is 30.1 Å². The van der Waals surface area contributed by atoms with Crippen LogP contribution in [0.2, 0.25) is 0 Å². The zero-order chi connectivity index (χ0) is 8.97. The summed E-state index contributed by atoms with van der Waals surface area (Å²) in [5.74, 6) is 0.548. The fraction of sp³-hybridized carbons (Fsp3) is 0.375. The van der Waals surface area contributed by atoms with E-state index in [1.165, 1.54) is 0 Å². The predicted molar refractivity (Wildman–Crippen MR) is 48.0 cm³/mol. The van der Waals surface area contributed by atoms with E-state index in [0.29, 0.717) is 11.6 Å². The van der Waals surface area contributed by atoms with Crippen LogP contribution in [0.1, 0.15) is 5.56 Å². The van der Waals surface area contributed by atoms with E-state index >= 15 is 0 Å². The maximum atomic E-state index is 5.72. The van der Waals surface area contributed by atoms with E-state index in [4.69, 9.17) is 10.5 Å². The topological polar surface area (TPSA) is 60.2 Å². The molecule has 0 saturated heterocycles. The molecule has 0 amide bonds. The second-order valence-corrected chi connectivity index (χ2v) is 2.46. The first-order valence-electron chi connectivity index (χ1n) is 3.71. The van der Waals surface area contributed by atoms with Crippen LogP contribution in [0, 0.1) is 0 Å². The maximum Gasteiger partial charge on any atom is 0.214 e. The van der Waals surface area contributed by atoms with Crippen molar-refractivity contribution < 1.29 is 4.74 Å². The van der Waals surface area contributed by atoms with Gasteiger partial charge in [-0.15, -0.1) is 0 Å². The third-order valence-corrected chi connectivity index (χ3v) is 1.57. The SMILES string of the molecule is CNCc1cnc(OC)cc1N. The highest BCUT2D eigenvalue weighted by molar-refractivity contribution is 5.47. The van der Waals surface area contributed by atoms with Gasteiger partial charge in [0.1, 0.15) is 0 Å². The Morgan fingerprint density at radius 1 is 1.67 bits per heavy atom. The van der Waals surface area contributed by atoms with Crippen LogP contribution in [0.5, 0.6) is 5.88 Å². The van der Waals surface area contributed by atoms with Crippen molar-refractivity contribution in [1.29, 1.82) is 0 Å². The number of nitrogen functional groups attached to an aromatic ring is 1.